The largest absolute Gasteiger partial charge is 0.465 e. The molecule has 2 heteroatoms. The van der Waals surface area contributed by atoms with Gasteiger partial charge in [-0.1, -0.05) is 60.3 Å². The molecule has 0 heterocycles. The van der Waals surface area contributed by atoms with Crippen LogP contribution in [0, 0.1) is 11.3 Å². The van der Waals surface area contributed by atoms with Gasteiger partial charge in [0.15, 0.2) is 0 Å². The van der Waals surface area contributed by atoms with Crippen LogP contribution in [-0.4, -0.2) is 12.6 Å². The quantitative estimate of drug-likeness (QED) is 0.427. The average molecular weight is 284 g/mol. The third-order valence-electron chi connectivity index (χ3n) is 4.29. The predicted octanol–water partition coefficient (Wildman–Crippen LogP) is 5.74. The first-order valence-corrected chi connectivity index (χ1v) is 8.79. The maximum atomic E-state index is 12.8. The van der Waals surface area contributed by atoms with E-state index in [4.69, 9.17) is 4.74 Å². The smallest absolute Gasteiger partial charge is 0.312 e. The summed E-state index contributed by atoms with van der Waals surface area (Å²) in [5.41, 5.74) is -0.231. The number of carbonyl (C=O) groups excluding carboxylic acids is 1. The third-order valence-corrected chi connectivity index (χ3v) is 4.29. The molecule has 0 aromatic carbocycles. The topological polar surface area (TPSA) is 26.3 Å². The van der Waals surface area contributed by atoms with Gasteiger partial charge in [0.2, 0.25) is 0 Å². The normalized spacial score (nSPS) is 11.9. The molecule has 0 aliphatic rings. The van der Waals surface area contributed by atoms with Crippen LogP contribution < -0.4 is 0 Å². The maximum Gasteiger partial charge on any atom is 0.312 e. The maximum absolute atomic E-state index is 12.8. The van der Waals surface area contributed by atoms with Crippen molar-refractivity contribution in [2.75, 3.05) is 6.61 Å². The Kier molecular flexibility index (Phi) is 10.9. The summed E-state index contributed by atoms with van der Waals surface area (Å²) in [5, 5.41) is 0. The van der Waals surface area contributed by atoms with Crippen LogP contribution in [0.3, 0.4) is 0 Å². The fourth-order valence-electron chi connectivity index (χ4n) is 3.53. The van der Waals surface area contributed by atoms with Gasteiger partial charge in [0.25, 0.3) is 0 Å². The number of hydrogen-bond donors (Lipinski definition) is 0. The molecule has 0 aliphatic carbocycles. The Hall–Kier alpha value is -0.530. The van der Waals surface area contributed by atoms with E-state index in [0.717, 1.165) is 57.8 Å². The first-order valence-electron chi connectivity index (χ1n) is 8.79. The second-order valence-corrected chi connectivity index (χ2v) is 6.07. The summed E-state index contributed by atoms with van der Waals surface area (Å²) in [4.78, 5) is 12.8. The molecule has 0 rings (SSSR count). The van der Waals surface area contributed by atoms with Crippen molar-refractivity contribution in [3.63, 3.8) is 0 Å². The van der Waals surface area contributed by atoms with Gasteiger partial charge in [0.05, 0.1) is 12.0 Å². The summed E-state index contributed by atoms with van der Waals surface area (Å²) in [7, 11) is 0. The second-order valence-electron chi connectivity index (χ2n) is 6.07. The highest BCUT2D eigenvalue weighted by Crippen LogP contribution is 2.44. The molecule has 0 aromatic rings. The van der Waals surface area contributed by atoms with Gasteiger partial charge in [-0.05, 0) is 38.0 Å². The third kappa shape index (κ3) is 5.46. The van der Waals surface area contributed by atoms with E-state index in [1.165, 1.54) is 0 Å². The average Bonchev–Trinajstić information content (AvgIpc) is 2.44. The van der Waals surface area contributed by atoms with E-state index in [-0.39, 0.29) is 11.4 Å². The molecule has 0 N–H and O–H groups in total. The van der Waals surface area contributed by atoms with Crippen molar-refractivity contribution < 1.29 is 9.53 Å². The molecule has 0 fully saturated rings. The van der Waals surface area contributed by atoms with Crippen LogP contribution >= 0.6 is 0 Å². The fraction of sp³-hybridized carbons (Fsp3) is 0.944. The van der Waals surface area contributed by atoms with Crippen LogP contribution in [0.15, 0.2) is 0 Å². The Bertz CT molecular complexity index is 236. The van der Waals surface area contributed by atoms with E-state index >= 15 is 0 Å². The van der Waals surface area contributed by atoms with Crippen molar-refractivity contribution in [1.29, 1.82) is 0 Å². The Balaban J connectivity index is 5.27. The summed E-state index contributed by atoms with van der Waals surface area (Å²) in [6.07, 6.45) is 9.59. The minimum atomic E-state index is -0.231. The molecule has 0 saturated carbocycles. The van der Waals surface area contributed by atoms with Crippen molar-refractivity contribution in [3.8, 4) is 0 Å². The van der Waals surface area contributed by atoms with Gasteiger partial charge < -0.3 is 4.74 Å². The molecule has 0 bridgehead atoms. The minimum absolute atomic E-state index is 0.0787. The zero-order chi connectivity index (χ0) is 15.4. The molecule has 0 aromatic heterocycles. The second kappa shape index (κ2) is 11.2. The lowest BCUT2D eigenvalue weighted by atomic mass is 9.66. The number of hydrogen-bond acceptors (Lipinski definition) is 2. The van der Waals surface area contributed by atoms with E-state index in [1.807, 2.05) is 0 Å². The van der Waals surface area contributed by atoms with Crippen LogP contribution in [0.1, 0.15) is 92.4 Å². The van der Waals surface area contributed by atoms with E-state index in [0.29, 0.717) is 12.5 Å². The molecule has 0 amide bonds. The van der Waals surface area contributed by atoms with Crippen LogP contribution in [-0.2, 0) is 9.53 Å². The van der Waals surface area contributed by atoms with Gasteiger partial charge in [-0.3, -0.25) is 4.79 Å². The molecule has 0 unspecified atom stereocenters. The molecule has 0 atom stereocenters. The Morgan fingerprint density at radius 2 is 1.35 bits per heavy atom. The molecule has 0 saturated heterocycles. The zero-order valence-corrected chi connectivity index (χ0v) is 14.5. The van der Waals surface area contributed by atoms with E-state index < -0.39 is 0 Å². The van der Waals surface area contributed by atoms with Gasteiger partial charge in [0.1, 0.15) is 0 Å². The lowest BCUT2D eigenvalue weighted by Gasteiger charge is -2.39. The molecule has 0 aliphatic heterocycles. The molecule has 0 radical (unpaired) electrons. The molecule has 120 valence electrons. The fourth-order valence-corrected chi connectivity index (χ4v) is 3.53. The van der Waals surface area contributed by atoms with E-state index in [9.17, 15) is 4.79 Å². The highest BCUT2D eigenvalue weighted by Gasteiger charge is 2.44. The number of carbonyl (C=O) groups is 1. The van der Waals surface area contributed by atoms with Crippen molar-refractivity contribution in [2.24, 2.45) is 11.3 Å². The van der Waals surface area contributed by atoms with E-state index in [2.05, 4.69) is 34.6 Å². The lowest BCUT2D eigenvalue weighted by molar-refractivity contribution is -0.162. The Morgan fingerprint density at radius 1 is 0.850 bits per heavy atom. The molecular formula is C18H36O2. The van der Waals surface area contributed by atoms with Crippen molar-refractivity contribution in [2.45, 2.75) is 92.4 Å². The summed E-state index contributed by atoms with van der Waals surface area (Å²) in [6.45, 7) is 11.5. The summed E-state index contributed by atoms with van der Waals surface area (Å²) in [6, 6.07) is 0. The van der Waals surface area contributed by atoms with E-state index in [1.54, 1.807) is 0 Å². The SMILES string of the molecule is CCCOC(=O)C(CCC)(CCC)C(CCC)CCC. The van der Waals surface area contributed by atoms with Crippen LogP contribution in [0.2, 0.25) is 0 Å². The van der Waals surface area contributed by atoms with Crippen molar-refractivity contribution in [1.82, 2.24) is 0 Å². The zero-order valence-electron chi connectivity index (χ0n) is 14.5. The molecule has 0 spiro atoms. The van der Waals surface area contributed by atoms with Crippen molar-refractivity contribution >= 4 is 5.97 Å². The lowest BCUT2D eigenvalue weighted by Crippen LogP contribution is -2.40. The van der Waals surface area contributed by atoms with Crippen LogP contribution in [0.25, 0.3) is 0 Å². The van der Waals surface area contributed by atoms with Crippen LogP contribution in [0.5, 0.6) is 0 Å². The predicted molar refractivity (Wildman–Crippen MR) is 86.8 cm³/mol. The Labute approximate surface area is 126 Å². The Morgan fingerprint density at radius 3 is 1.70 bits per heavy atom. The summed E-state index contributed by atoms with van der Waals surface area (Å²) in [5.74, 6) is 0.566. The number of esters is 1. The minimum Gasteiger partial charge on any atom is -0.465 e. The van der Waals surface area contributed by atoms with Gasteiger partial charge in [-0.25, -0.2) is 0 Å². The van der Waals surface area contributed by atoms with Gasteiger partial charge in [-0.15, -0.1) is 0 Å². The monoisotopic (exact) mass is 284 g/mol. The molecule has 20 heavy (non-hydrogen) atoms. The number of rotatable bonds is 12. The van der Waals surface area contributed by atoms with Gasteiger partial charge in [0, 0.05) is 0 Å². The summed E-state index contributed by atoms with van der Waals surface area (Å²) < 4.78 is 5.60. The van der Waals surface area contributed by atoms with Gasteiger partial charge >= 0.3 is 5.97 Å². The van der Waals surface area contributed by atoms with Crippen LogP contribution in [0.4, 0.5) is 0 Å². The highest BCUT2D eigenvalue weighted by atomic mass is 16.5. The van der Waals surface area contributed by atoms with Crippen molar-refractivity contribution in [3.05, 3.63) is 0 Å². The highest BCUT2D eigenvalue weighted by molar-refractivity contribution is 5.77. The summed E-state index contributed by atoms with van der Waals surface area (Å²) >= 11 is 0. The first kappa shape index (κ1) is 19.5. The molecule has 2 nitrogen and oxygen atoms in total. The molecular weight excluding hydrogens is 248 g/mol. The first-order chi connectivity index (χ1) is 9.62. The van der Waals surface area contributed by atoms with Gasteiger partial charge in [-0.2, -0.15) is 0 Å². The number of ether oxygens (including phenoxy) is 1. The standard InChI is InChI=1S/C18H36O2/c1-6-11-16(12-7-2)18(13-8-3,14-9-4)17(19)20-15-10-5/h16H,6-15H2,1-5H3.